The van der Waals surface area contributed by atoms with Gasteiger partial charge in [-0.2, -0.15) is 0 Å². The molecule has 51 heavy (non-hydrogen) atoms. The lowest BCUT2D eigenvalue weighted by Crippen LogP contribution is -2.60. The smallest absolute Gasteiger partial charge is 0.408 e. The second-order valence-electron chi connectivity index (χ2n) is 15.2. The molecule has 276 valence electrons. The third-order valence-corrected chi connectivity index (χ3v) is 13.1. The highest BCUT2D eigenvalue weighted by molar-refractivity contribution is 7.91. The Morgan fingerprint density at radius 1 is 1.10 bits per heavy atom. The quantitative estimate of drug-likeness (QED) is 0.269. The van der Waals surface area contributed by atoms with Crippen LogP contribution in [0.5, 0.6) is 5.75 Å². The average Bonchev–Trinajstić information content (AvgIpc) is 3.85. The van der Waals surface area contributed by atoms with Crippen molar-refractivity contribution in [2.24, 2.45) is 11.3 Å². The van der Waals surface area contributed by atoms with E-state index in [0.29, 0.717) is 18.5 Å². The number of sulfonamides is 1. The van der Waals surface area contributed by atoms with E-state index in [4.69, 9.17) is 14.5 Å². The maximum absolute atomic E-state index is 14.5. The average molecular weight is 742 g/mol. The molecule has 0 bridgehead atoms. The number of carbonyl (C=O) groups excluding carboxylic acids is 4. The third kappa shape index (κ3) is 7.93. The lowest BCUT2D eigenvalue weighted by molar-refractivity contribution is -0.142. The molecule has 4 aliphatic rings. The largest absolute Gasteiger partial charge is 0.497 e. The van der Waals surface area contributed by atoms with E-state index in [-0.39, 0.29) is 31.4 Å². The molecule has 0 radical (unpaired) electrons. The molecule has 15 heteroatoms. The standard InChI is InChI=1S/C36H47N5O8S2/c1-6-23-18-36(23,33(44)40-51(46,47)26-15-16-26)39-30(42)28-17-22(27-20-50-31(37-27)21-11-13-24(48-5)14-12-21)19-41(28)32(43)29(35(2,3)4)38-34(45)49-25-9-7-8-10-25/h6,11-14,20,22-23,25-26,28-29H,1,7-10,15-19H2,2-5H3,(H,38,45)(H,39,42)(H,40,44)/t22-,23-,28+,29-,36-/m1/s1. The Morgan fingerprint density at radius 3 is 2.37 bits per heavy atom. The topological polar surface area (TPSA) is 173 Å². The molecule has 1 aliphatic heterocycles. The van der Waals surface area contributed by atoms with Crippen LogP contribution in [-0.4, -0.2) is 84.7 Å². The fourth-order valence-electron chi connectivity index (χ4n) is 7.03. The predicted molar refractivity (Wildman–Crippen MR) is 191 cm³/mol. The molecule has 2 heterocycles. The number of likely N-dealkylation sites (tertiary alicyclic amines) is 1. The highest BCUT2D eigenvalue weighted by atomic mass is 32.2. The number of thiazole rings is 1. The normalized spacial score (nSPS) is 25.5. The van der Waals surface area contributed by atoms with E-state index in [2.05, 4.69) is 21.9 Å². The number of carbonyl (C=O) groups is 4. The summed E-state index contributed by atoms with van der Waals surface area (Å²) < 4.78 is 38.5. The first kappa shape index (κ1) is 36.8. The van der Waals surface area contributed by atoms with Crippen LogP contribution in [0.3, 0.4) is 0 Å². The number of hydrogen-bond acceptors (Lipinski definition) is 10. The summed E-state index contributed by atoms with van der Waals surface area (Å²) in [6.07, 6.45) is 5.44. The fourth-order valence-corrected chi connectivity index (χ4v) is 9.30. The van der Waals surface area contributed by atoms with Crippen molar-refractivity contribution in [2.75, 3.05) is 13.7 Å². The van der Waals surface area contributed by atoms with Gasteiger partial charge in [-0.15, -0.1) is 17.9 Å². The Bertz CT molecular complexity index is 1780. The number of benzene rings is 1. The van der Waals surface area contributed by atoms with Crippen LogP contribution in [0.2, 0.25) is 0 Å². The Hall–Kier alpha value is -3.98. The molecule has 1 saturated heterocycles. The molecule has 2 aromatic rings. The van der Waals surface area contributed by atoms with Crippen LogP contribution in [0.25, 0.3) is 10.6 Å². The summed E-state index contributed by atoms with van der Waals surface area (Å²) in [5.41, 5.74) is -0.667. The third-order valence-electron chi connectivity index (χ3n) is 10.4. The van der Waals surface area contributed by atoms with Gasteiger partial charge in [0.05, 0.1) is 18.1 Å². The van der Waals surface area contributed by atoms with E-state index in [9.17, 15) is 27.6 Å². The van der Waals surface area contributed by atoms with Crippen LogP contribution in [-0.2, 0) is 29.1 Å². The lowest BCUT2D eigenvalue weighted by Gasteiger charge is -2.35. The highest BCUT2D eigenvalue weighted by Crippen LogP contribution is 2.46. The van der Waals surface area contributed by atoms with E-state index in [1.165, 1.54) is 22.3 Å². The van der Waals surface area contributed by atoms with Gasteiger partial charge in [-0.1, -0.05) is 26.8 Å². The zero-order valence-corrected chi connectivity index (χ0v) is 31.1. The maximum Gasteiger partial charge on any atom is 0.408 e. The van der Waals surface area contributed by atoms with E-state index in [1.54, 1.807) is 7.11 Å². The molecule has 1 aromatic carbocycles. The molecule has 5 atom stereocenters. The van der Waals surface area contributed by atoms with Crippen molar-refractivity contribution < 1.29 is 37.1 Å². The second kappa shape index (κ2) is 14.2. The van der Waals surface area contributed by atoms with Crippen molar-refractivity contribution in [1.82, 2.24) is 25.2 Å². The molecular weight excluding hydrogens is 695 g/mol. The van der Waals surface area contributed by atoms with Gasteiger partial charge in [-0.25, -0.2) is 18.2 Å². The number of nitrogens with zero attached hydrogens (tertiary/aromatic N) is 2. The number of amides is 4. The molecule has 0 spiro atoms. The molecule has 4 fully saturated rings. The molecule has 4 amide bonds. The van der Waals surface area contributed by atoms with E-state index in [0.717, 1.165) is 42.0 Å². The Morgan fingerprint density at radius 2 is 1.78 bits per heavy atom. The molecule has 6 rings (SSSR count). The second-order valence-corrected chi connectivity index (χ2v) is 18.0. The van der Waals surface area contributed by atoms with Gasteiger partial charge >= 0.3 is 6.09 Å². The summed E-state index contributed by atoms with van der Waals surface area (Å²) in [5, 5.41) is 7.69. The molecular formula is C36H47N5O8S2. The summed E-state index contributed by atoms with van der Waals surface area (Å²) in [4.78, 5) is 61.7. The van der Waals surface area contributed by atoms with Gasteiger partial charge in [0.1, 0.15) is 34.5 Å². The molecule has 3 aliphatic carbocycles. The first-order chi connectivity index (χ1) is 24.1. The zero-order valence-electron chi connectivity index (χ0n) is 29.5. The Balaban J connectivity index is 1.26. The first-order valence-electron chi connectivity index (χ1n) is 17.5. The highest BCUT2D eigenvalue weighted by Gasteiger charge is 2.62. The minimum atomic E-state index is -3.87. The van der Waals surface area contributed by atoms with Crippen LogP contribution in [0, 0.1) is 11.3 Å². The first-order valence-corrected chi connectivity index (χ1v) is 20.0. The van der Waals surface area contributed by atoms with Crippen molar-refractivity contribution in [3.63, 3.8) is 0 Å². The van der Waals surface area contributed by atoms with Gasteiger partial charge in [0, 0.05) is 29.3 Å². The number of methoxy groups -OCH3 is 1. The van der Waals surface area contributed by atoms with Gasteiger partial charge in [0.15, 0.2) is 0 Å². The maximum atomic E-state index is 14.5. The number of nitrogens with one attached hydrogen (secondary N) is 3. The van der Waals surface area contributed by atoms with E-state index >= 15 is 0 Å². The summed E-state index contributed by atoms with van der Waals surface area (Å²) in [6, 6.07) is 5.44. The van der Waals surface area contributed by atoms with Crippen molar-refractivity contribution in [3.05, 3.63) is 48.0 Å². The number of alkyl carbamates (subject to hydrolysis) is 1. The molecule has 13 nitrogen and oxygen atoms in total. The van der Waals surface area contributed by atoms with Gasteiger partial charge in [-0.05, 0) is 81.0 Å². The number of aromatic nitrogens is 1. The van der Waals surface area contributed by atoms with Crippen LogP contribution < -0.4 is 20.1 Å². The van der Waals surface area contributed by atoms with Crippen LogP contribution in [0.15, 0.2) is 42.3 Å². The molecule has 3 saturated carbocycles. The van der Waals surface area contributed by atoms with Crippen molar-refractivity contribution >= 4 is 45.2 Å². The summed E-state index contributed by atoms with van der Waals surface area (Å²) in [6.45, 7) is 9.40. The monoisotopic (exact) mass is 741 g/mol. The Kier molecular flexibility index (Phi) is 10.3. The van der Waals surface area contributed by atoms with Gasteiger partial charge in [0.25, 0.3) is 5.91 Å². The number of hydrogen-bond donors (Lipinski definition) is 3. The minimum absolute atomic E-state index is 0.134. The molecule has 3 N–H and O–H groups in total. The van der Waals surface area contributed by atoms with E-state index < -0.39 is 68.0 Å². The fraction of sp³-hybridized carbons (Fsp3) is 0.583. The summed E-state index contributed by atoms with van der Waals surface area (Å²) in [7, 11) is -2.28. The Labute approximate surface area is 303 Å². The summed E-state index contributed by atoms with van der Waals surface area (Å²) >= 11 is 1.45. The van der Waals surface area contributed by atoms with Crippen LogP contribution in [0.1, 0.15) is 83.7 Å². The molecule has 1 aromatic heterocycles. The predicted octanol–water partition coefficient (Wildman–Crippen LogP) is 4.26. The number of ether oxygens (including phenoxy) is 2. The van der Waals surface area contributed by atoms with Crippen LogP contribution >= 0.6 is 11.3 Å². The van der Waals surface area contributed by atoms with Gasteiger partial charge in [0.2, 0.25) is 21.8 Å². The SMILES string of the molecule is C=C[C@@H]1C[C@]1(NC(=O)[C@@H]1C[C@@H](c2csc(-c3ccc(OC)cc3)n2)CN1C(=O)[C@@H](NC(=O)OC1CCCC1)C(C)(C)C)C(=O)NS(=O)(=O)C1CC1. The number of rotatable bonds is 12. The summed E-state index contributed by atoms with van der Waals surface area (Å²) in [5.74, 6) is -1.99. The molecule has 0 unspecified atom stereocenters. The van der Waals surface area contributed by atoms with Gasteiger partial charge in [-0.3, -0.25) is 19.1 Å². The van der Waals surface area contributed by atoms with Crippen molar-refractivity contribution in [2.45, 2.75) is 107 Å². The van der Waals surface area contributed by atoms with Crippen molar-refractivity contribution in [1.29, 1.82) is 0 Å². The minimum Gasteiger partial charge on any atom is -0.497 e. The van der Waals surface area contributed by atoms with Gasteiger partial charge < -0.3 is 25.0 Å². The van der Waals surface area contributed by atoms with Crippen molar-refractivity contribution in [3.8, 4) is 16.3 Å². The van der Waals surface area contributed by atoms with Crippen LogP contribution in [0.4, 0.5) is 4.79 Å². The lowest BCUT2D eigenvalue weighted by atomic mass is 9.85. The van der Waals surface area contributed by atoms with E-state index in [1.807, 2.05) is 50.4 Å². The zero-order chi connectivity index (χ0) is 36.7.